The number of furan rings is 1. The van der Waals surface area contributed by atoms with Crippen molar-refractivity contribution in [2.75, 3.05) is 0 Å². The molecule has 2 N–H and O–H groups in total. The van der Waals surface area contributed by atoms with E-state index < -0.39 is 11.8 Å². The van der Waals surface area contributed by atoms with Gasteiger partial charge in [-0.25, -0.2) is 4.68 Å². The normalized spacial score (nSPS) is 10.5. The molecule has 4 rings (SSSR count). The molecule has 2 aromatic carbocycles. The van der Waals surface area contributed by atoms with Crippen LogP contribution < -0.4 is 10.9 Å². The van der Waals surface area contributed by atoms with Crippen LogP contribution in [-0.4, -0.2) is 21.6 Å². The number of halogens is 1. The van der Waals surface area contributed by atoms with Gasteiger partial charge in [0.1, 0.15) is 5.69 Å². The summed E-state index contributed by atoms with van der Waals surface area (Å²) in [6, 6.07) is 21.9. The van der Waals surface area contributed by atoms with E-state index in [1.165, 1.54) is 6.07 Å². The van der Waals surface area contributed by atoms with Crippen molar-refractivity contribution >= 4 is 27.7 Å². The monoisotopic (exact) mass is 450 g/mol. The van der Waals surface area contributed by atoms with E-state index in [1.807, 2.05) is 60.7 Å². The number of para-hydroxylation sites is 1. The molecule has 0 fully saturated rings. The van der Waals surface area contributed by atoms with Crippen molar-refractivity contribution in [3.8, 4) is 16.9 Å². The van der Waals surface area contributed by atoms with Gasteiger partial charge in [0, 0.05) is 11.8 Å². The molecule has 0 unspecified atom stereocenters. The highest BCUT2D eigenvalue weighted by molar-refractivity contribution is 9.10. The van der Waals surface area contributed by atoms with Crippen molar-refractivity contribution in [3.63, 3.8) is 0 Å². The van der Waals surface area contributed by atoms with Crippen LogP contribution in [0, 0.1) is 0 Å². The molecule has 2 heterocycles. The zero-order chi connectivity index (χ0) is 20.2. The van der Waals surface area contributed by atoms with Crippen LogP contribution in [0.5, 0.6) is 0 Å². The van der Waals surface area contributed by atoms with E-state index in [4.69, 9.17) is 4.42 Å². The Balaban J connectivity index is 1.62. The van der Waals surface area contributed by atoms with Gasteiger partial charge in [-0.15, -0.1) is 0 Å². The minimum absolute atomic E-state index is 0.0699. The highest BCUT2D eigenvalue weighted by Crippen LogP contribution is 2.23. The standard InChI is InChI=1S/C21H15BrN4O3/c22-18-12-11-17(29-18)21(28)24-23-20(27)16-13-26(15-9-5-2-6-10-15)25-19(16)14-7-3-1-4-8-14/h1-13H,(H,23,27)(H,24,28). The van der Waals surface area contributed by atoms with Crippen molar-refractivity contribution in [1.29, 1.82) is 0 Å². The first kappa shape index (κ1) is 18.7. The highest BCUT2D eigenvalue weighted by atomic mass is 79.9. The van der Waals surface area contributed by atoms with E-state index >= 15 is 0 Å². The fourth-order valence-electron chi connectivity index (χ4n) is 2.74. The van der Waals surface area contributed by atoms with Gasteiger partial charge in [-0.05, 0) is 40.2 Å². The van der Waals surface area contributed by atoms with E-state index in [1.54, 1.807) is 16.9 Å². The van der Waals surface area contributed by atoms with Gasteiger partial charge in [-0.1, -0.05) is 48.5 Å². The largest absolute Gasteiger partial charge is 0.444 e. The molecule has 29 heavy (non-hydrogen) atoms. The molecule has 7 nitrogen and oxygen atoms in total. The van der Waals surface area contributed by atoms with Crippen LogP contribution in [0.4, 0.5) is 0 Å². The molecular formula is C21H15BrN4O3. The molecule has 0 saturated heterocycles. The summed E-state index contributed by atoms with van der Waals surface area (Å²) in [4.78, 5) is 24.9. The quantitative estimate of drug-likeness (QED) is 0.460. The van der Waals surface area contributed by atoms with Gasteiger partial charge in [0.2, 0.25) is 0 Å². The highest BCUT2D eigenvalue weighted by Gasteiger charge is 2.20. The van der Waals surface area contributed by atoms with Gasteiger partial charge in [0.25, 0.3) is 5.91 Å². The molecule has 8 heteroatoms. The summed E-state index contributed by atoms with van der Waals surface area (Å²) in [6.45, 7) is 0. The van der Waals surface area contributed by atoms with Gasteiger partial charge in [0.15, 0.2) is 10.4 Å². The molecule has 0 aliphatic heterocycles. The van der Waals surface area contributed by atoms with Gasteiger partial charge in [0.05, 0.1) is 11.3 Å². The predicted molar refractivity (Wildman–Crippen MR) is 110 cm³/mol. The Kier molecular flexibility index (Phi) is 5.26. The van der Waals surface area contributed by atoms with Crippen LogP contribution in [0.15, 0.2) is 88.1 Å². The van der Waals surface area contributed by atoms with Crippen LogP contribution in [0.25, 0.3) is 16.9 Å². The lowest BCUT2D eigenvalue weighted by molar-refractivity contribution is 0.0830. The van der Waals surface area contributed by atoms with Crippen molar-refractivity contribution < 1.29 is 14.0 Å². The number of aromatic nitrogens is 2. The van der Waals surface area contributed by atoms with Crippen molar-refractivity contribution in [3.05, 3.63) is 95.0 Å². The number of carbonyl (C=O) groups excluding carboxylic acids is 2. The Labute approximate surface area is 174 Å². The summed E-state index contributed by atoms with van der Waals surface area (Å²) >= 11 is 3.13. The van der Waals surface area contributed by atoms with Crippen molar-refractivity contribution in [2.45, 2.75) is 0 Å². The van der Waals surface area contributed by atoms with Gasteiger partial charge in [-0.3, -0.25) is 20.4 Å². The molecule has 0 bridgehead atoms. The molecule has 0 radical (unpaired) electrons. The van der Waals surface area contributed by atoms with Crippen molar-refractivity contribution in [1.82, 2.24) is 20.6 Å². The number of rotatable bonds is 4. The summed E-state index contributed by atoms with van der Waals surface area (Å²) in [5.74, 6) is -0.994. The lowest BCUT2D eigenvalue weighted by Crippen LogP contribution is -2.41. The molecule has 0 aliphatic carbocycles. The second-order valence-electron chi connectivity index (χ2n) is 6.05. The molecule has 144 valence electrons. The Morgan fingerprint density at radius 2 is 1.52 bits per heavy atom. The summed E-state index contributed by atoms with van der Waals surface area (Å²) in [7, 11) is 0. The van der Waals surface area contributed by atoms with Crippen molar-refractivity contribution in [2.24, 2.45) is 0 Å². The third-order valence-electron chi connectivity index (χ3n) is 4.11. The number of hydrazine groups is 1. The zero-order valence-electron chi connectivity index (χ0n) is 15.0. The smallest absolute Gasteiger partial charge is 0.305 e. The number of benzene rings is 2. The van der Waals surface area contributed by atoms with E-state index in [0.717, 1.165) is 11.3 Å². The lowest BCUT2D eigenvalue weighted by atomic mass is 10.1. The molecule has 4 aromatic rings. The maximum atomic E-state index is 12.8. The minimum atomic E-state index is -0.569. The van der Waals surface area contributed by atoms with Crippen LogP contribution >= 0.6 is 15.9 Å². The Bertz CT molecular complexity index is 1150. The summed E-state index contributed by atoms with van der Waals surface area (Å²) in [6.07, 6.45) is 1.63. The van der Waals surface area contributed by atoms with E-state index in [2.05, 4.69) is 31.9 Å². The maximum absolute atomic E-state index is 12.8. The molecule has 2 aromatic heterocycles. The first-order valence-electron chi connectivity index (χ1n) is 8.68. The molecular weight excluding hydrogens is 436 g/mol. The van der Waals surface area contributed by atoms with E-state index in [9.17, 15) is 9.59 Å². The van der Waals surface area contributed by atoms with E-state index in [-0.39, 0.29) is 5.76 Å². The second kappa shape index (κ2) is 8.15. The summed E-state index contributed by atoms with van der Waals surface area (Å²) < 4.78 is 7.22. The van der Waals surface area contributed by atoms with Crippen LogP contribution in [0.3, 0.4) is 0 Å². The lowest BCUT2D eigenvalue weighted by Gasteiger charge is -2.06. The molecule has 0 spiro atoms. The maximum Gasteiger partial charge on any atom is 0.305 e. The summed E-state index contributed by atoms with van der Waals surface area (Å²) in [5.41, 5.74) is 7.18. The second-order valence-corrected chi connectivity index (χ2v) is 6.83. The van der Waals surface area contributed by atoms with Gasteiger partial charge < -0.3 is 4.42 Å². The molecule has 0 aliphatic rings. The van der Waals surface area contributed by atoms with Crippen LogP contribution in [-0.2, 0) is 0 Å². The first-order chi connectivity index (χ1) is 14.1. The molecule has 2 amide bonds. The number of nitrogens with zero attached hydrogens (tertiary/aromatic N) is 2. The van der Waals surface area contributed by atoms with E-state index in [0.29, 0.717) is 15.9 Å². The molecule has 0 atom stereocenters. The third kappa shape index (κ3) is 4.12. The number of nitrogens with one attached hydrogen (secondary N) is 2. The Morgan fingerprint density at radius 3 is 2.17 bits per heavy atom. The zero-order valence-corrected chi connectivity index (χ0v) is 16.6. The number of hydrogen-bond acceptors (Lipinski definition) is 4. The minimum Gasteiger partial charge on any atom is -0.444 e. The first-order valence-corrected chi connectivity index (χ1v) is 9.47. The Hall–Kier alpha value is -3.65. The number of carbonyl (C=O) groups is 2. The van der Waals surface area contributed by atoms with Crippen LogP contribution in [0.2, 0.25) is 0 Å². The van der Waals surface area contributed by atoms with Gasteiger partial charge >= 0.3 is 5.91 Å². The average Bonchev–Trinajstić information content (AvgIpc) is 3.40. The topological polar surface area (TPSA) is 89.2 Å². The number of hydrogen-bond donors (Lipinski definition) is 2. The fourth-order valence-corrected chi connectivity index (χ4v) is 3.05. The van der Waals surface area contributed by atoms with Crippen LogP contribution in [0.1, 0.15) is 20.9 Å². The SMILES string of the molecule is O=C(NNC(=O)c1cn(-c2ccccc2)nc1-c1ccccc1)c1ccc(Br)o1. The third-order valence-corrected chi connectivity index (χ3v) is 4.54. The predicted octanol–water partition coefficient (Wildman–Crippen LogP) is 3.97. The average molecular weight is 451 g/mol. The fraction of sp³-hybridized carbons (Fsp3) is 0. The molecule has 0 saturated carbocycles. The summed E-state index contributed by atoms with van der Waals surface area (Å²) in [5, 5.41) is 4.58. The van der Waals surface area contributed by atoms with Gasteiger partial charge in [-0.2, -0.15) is 5.10 Å². The Morgan fingerprint density at radius 1 is 0.862 bits per heavy atom. The number of amides is 2.